The maximum Gasteiger partial charge on any atom is 0.319 e. The van der Waals surface area contributed by atoms with Gasteiger partial charge in [-0.25, -0.2) is 9.78 Å². The second-order valence-corrected chi connectivity index (χ2v) is 5.69. The number of hydrogen-bond acceptors (Lipinski definition) is 4. The van der Waals surface area contributed by atoms with Crippen LogP contribution in [-0.4, -0.2) is 11.0 Å². The molecule has 0 fully saturated rings. The normalized spacial score (nSPS) is 10.1. The number of carbonyl (C=O) groups excluding carboxylic acids is 1. The molecule has 1 heterocycles. The molecule has 0 aliphatic carbocycles. The van der Waals surface area contributed by atoms with Crippen LogP contribution in [-0.2, 0) is 6.54 Å². The van der Waals surface area contributed by atoms with Crippen LogP contribution in [0.5, 0.6) is 0 Å². The number of rotatable bonds is 3. The molecular weight excluding hydrogens is 296 g/mol. The Morgan fingerprint density at radius 2 is 1.95 bits per heavy atom. The number of nitrogens with one attached hydrogen (secondary N) is 2. The van der Waals surface area contributed by atoms with Crippen molar-refractivity contribution in [3.63, 3.8) is 0 Å². The van der Waals surface area contributed by atoms with Gasteiger partial charge in [0.1, 0.15) is 5.01 Å². The van der Waals surface area contributed by atoms with Crippen molar-refractivity contribution in [2.75, 3.05) is 5.32 Å². The van der Waals surface area contributed by atoms with Gasteiger partial charge in [-0.1, -0.05) is 12.1 Å². The summed E-state index contributed by atoms with van der Waals surface area (Å²) in [6, 6.07) is 16.3. The molecule has 3 rings (SSSR count). The van der Waals surface area contributed by atoms with E-state index in [1.54, 1.807) is 35.6 Å². The van der Waals surface area contributed by atoms with Crippen LogP contribution in [0.15, 0.2) is 48.5 Å². The van der Waals surface area contributed by atoms with Gasteiger partial charge < -0.3 is 10.6 Å². The monoisotopic (exact) mass is 308 g/mol. The number of aromatic nitrogens is 1. The van der Waals surface area contributed by atoms with Crippen molar-refractivity contribution < 1.29 is 4.79 Å². The van der Waals surface area contributed by atoms with Gasteiger partial charge in [0.25, 0.3) is 0 Å². The van der Waals surface area contributed by atoms with Crippen LogP contribution in [0, 0.1) is 11.3 Å². The molecule has 2 aromatic carbocycles. The molecule has 0 saturated heterocycles. The Hall–Kier alpha value is -2.91. The third-order valence-electron chi connectivity index (χ3n) is 3.01. The van der Waals surface area contributed by atoms with Gasteiger partial charge >= 0.3 is 6.03 Å². The Morgan fingerprint density at radius 3 is 2.68 bits per heavy atom. The second-order valence-electron chi connectivity index (χ2n) is 4.57. The summed E-state index contributed by atoms with van der Waals surface area (Å²) in [6.07, 6.45) is 0. The number of urea groups is 1. The predicted octanol–water partition coefficient (Wildman–Crippen LogP) is 3.49. The van der Waals surface area contributed by atoms with E-state index in [1.807, 2.05) is 30.3 Å². The highest BCUT2D eigenvalue weighted by Crippen LogP contribution is 2.21. The maximum atomic E-state index is 11.8. The standard InChI is InChI=1S/C16H12N4OS/c17-9-11-5-7-12(8-6-11)19-16(21)18-10-15-20-13-3-1-2-4-14(13)22-15/h1-8H,10H2,(H2,18,19,21). The highest BCUT2D eigenvalue weighted by atomic mass is 32.1. The zero-order valence-electron chi connectivity index (χ0n) is 11.5. The van der Waals surface area contributed by atoms with Gasteiger partial charge in [0, 0.05) is 5.69 Å². The van der Waals surface area contributed by atoms with Crippen molar-refractivity contribution in [2.24, 2.45) is 0 Å². The number of amides is 2. The number of benzene rings is 2. The Balaban J connectivity index is 1.58. The van der Waals surface area contributed by atoms with Crippen molar-refractivity contribution in [1.29, 1.82) is 5.26 Å². The highest BCUT2D eigenvalue weighted by molar-refractivity contribution is 7.18. The molecule has 3 aromatic rings. The number of para-hydroxylation sites is 1. The largest absolute Gasteiger partial charge is 0.331 e. The average Bonchev–Trinajstić information content (AvgIpc) is 2.96. The smallest absolute Gasteiger partial charge is 0.319 e. The van der Waals surface area contributed by atoms with E-state index in [2.05, 4.69) is 15.6 Å². The van der Waals surface area contributed by atoms with E-state index in [1.165, 1.54) is 0 Å². The molecule has 22 heavy (non-hydrogen) atoms. The van der Waals surface area contributed by atoms with Gasteiger partial charge in [-0.05, 0) is 36.4 Å². The molecule has 0 atom stereocenters. The molecule has 0 bridgehead atoms. The van der Waals surface area contributed by atoms with Crippen molar-refractivity contribution in [1.82, 2.24) is 10.3 Å². The first-order chi connectivity index (χ1) is 10.7. The summed E-state index contributed by atoms with van der Waals surface area (Å²) in [5.41, 5.74) is 2.14. The van der Waals surface area contributed by atoms with Gasteiger partial charge in [-0.2, -0.15) is 5.26 Å². The quantitative estimate of drug-likeness (QED) is 0.777. The lowest BCUT2D eigenvalue weighted by molar-refractivity contribution is 0.251. The number of carbonyl (C=O) groups is 1. The molecule has 0 spiro atoms. The summed E-state index contributed by atoms with van der Waals surface area (Å²) in [4.78, 5) is 16.3. The highest BCUT2D eigenvalue weighted by Gasteiger charge is 2.06. The lowest BCUT2D eigenvalue weighted by Crippen LogP contribution is -2.28. The third-order valence-corrected chi connectivity index (χ3v) is 4.05. The van der Waals surface area contributed by atoms with Crippen LogP contribution in [0.1, 0.15) is 10.6 Å². The van der Waals surface area contributed by atoms with E-state index in [9.17, 15) is 4.79 Å². The minimum Gasteiger partial charge on any atom is -0.331 e. The lowest BCUT2D eigenvalue weighted by Gasteiger charge is -2.06. The maximum absolute atomic E-state index is 11.8. The molecule has 108 valence electrons. The number of fused-ring (bicyclic) bond motifs is 1. The van der Waals surface area contributed by atoms with Gasteiger partial charge in [0.2, 0.25) is 0 Å². The minimum absolute atomic E-state index is 0.302. The summed E-state index contributed by atoms with van der Waals surface area (Å²) >= 11 is 1.56. The first kappa shape index (κ1) is 14.0. The molecular formula is C16H12N4OS. The molecule has 2 amide bonds. The van der Waals surface area contributed by atoms with Crippen LogP contribution in [0.3, 0.4) is 0 Å². The Kier molecular flexibility index (Phi) is 3.99. The Bertz CT molecular complexity index is 815. The van der Waals surface area contributed by atoms with Crippen LogP contribution in [0.2, 0.25) is 0 Å². The van der Waals surface area contributed by atoms with E-state index < -0.39 is 0 Å². The molecule has 2 N–H and O–H groups in total. The number of thiazole rings is 1. The van der Waals surface area contributed by atoms with E-state index >= 15 is 0 Å². The molecule has 0 aliphatic heterocycles. The first-order valence-electron chi connectivity index (χ1n) is 6.64. The number of anilines is 1. The number of nitrogens with zero attached hydrogens (tertiary/aromatic N) is 2. The van der Waals surface area contributed by atoms with Crippen LogP contribution < -0.4 is 10.6 Å². The lowest BCUT2D eigenvalue weighted by atomic mass is 10.2. The molecule has 0 aliphatic rings. The fraction of sp³-hybridized carbons (Fsp3) is 0.0625. The zero-order valence-corrected chi connectivity index (χ0v) is 12.4. The fourth-order valence-corrected chi connectivity index (χ4v) is 2.86. The fourth-order valence-electron chi connectivity index (χ4n) is 1.95. The zero-order chi connectivity index (χ0) is 15.4. The van der Waals surface area contributed by atoms with Crippen LogP contribution >= 0.6 is 11.3 Å². The average molecular weight is 308 g/mol. The number of hydrogen-bond donors (Lipinski definition) is 2. The van der Waals surface area contributed by atoms with Crippen LogP contribution in [0.25, 0.3) is 10.2 Å². The van der Waals surface area contributed by atoms with Gasteiger partial charge in [-0.15, -0.1) is 11.3 Å². The van der Waals surface area contributed by atoms with Crippen molar-refractivity contribution >= 4 is 33.3 Å². The topological polar surface area (TPSA) is 77.8 Å². The van der Waals surface area contributed by atoms with Crippen molar-refractivity contribution in [2.45, 2.75) is 6.54 Å². The number of nitriles is 1. The van der Waals surface area contributed by atoms with Gasteiger partial charge in [-0.3, -0.25) is 0 Å². The summed E-state index contributed by atoms with van der Waals surface area (Å²) in [5, 5.41) is 15.1. The Morgan fingerprint density at radius 1 is 1.18 bits per heavy atom. The summed E-state index contributed by atoms with van der Waals surface area (Å²) < 4.78 is 1.10. The first-order valence-corrected chi connectivity index (χ1v) is 7.46. The van der Waals surface area contributed by atoms with Crippen LogP contribution in [0.4, 0.5) is 10.5 Å². The molecule has 0 radical (unpaired) electrons. The molecule has 5 nitrogen and oxygen atoms in total. The van der Waals surface area contributed by atoms with Gasteiger partial charge in [0.15, 0.2) is 0 Å². The van der Waals surface area contributed by atoms with Crippen molar-refractivity contribution in [3.8, 4) is 6.07 Å². The SMILES string of the molecule is N#Cc1ccc(NC(=O)NCc2nc3ccccc3s2)cc1. The van der Waals surface area contributed by atoms with E-state index in [0.717, 1.165) is 15.2 Å². The summed E-state index contributed by atoms with van der Waals surface area (Å²) in [5.74, 6) is 0. The minimum atomic E-state index is -0.302. The van der Waals surface area contributed by atoms with E-state index in [0.29, 0.717) is 17.8 Å². The molecule has 0 unspecified atom stereocenters. The van der Waals surface area contributed by atoms with Gasteiger partial charge in [0.05, 0.1) is 28.4 Å². The summed E-state index contributed by atoms with van der Waals surface area (Å²) in [6.45, 7) is 0.376. The van der Waals surface area contributed by atoms with E-state index in [-0.39, 0.29) is 6.03 Å². The van der Waals surface area contributed by atoms with Crippen molar-refractivity contribution in [3.05, 3.63) is 59.1 Å². The van der Waals surface area contributed by atoms with E-state index in [4.69, 9.17) is 5.26 Å². The third kappa shape index (κ3) is 3.22. The molecule has 0 saturated carbocycles. The Labute approximate surface area is 131 Å². The summed E-state index contributed by atoms with van der Waals surface area (Å²) in [7, 11) is 0. The molecule has 6 heteroatoms. The second kappa shape index (κ2) is 6.24. The predicted molar refractivity (Wildman–Crippen MR) is 86.6 cm³/mol. The molecule has 1 aromatic heterocycles.